The van der Waals surface area contributed by atoms with Gasteiger partial charge in [-0.2, -0.15) is 0 Å². The number of halogens is 2. The molecule has 3 nitrogen and oxygen atoms in total. The van der Waals surface area contributed by atoms with E-state index in [0.717, 1.165) is 3.57 Å². The third-order valence-corrected chi connectivity index (χ3v) is 3.75. The standard InChI is InChI=1S/C17H14FIO3/c18-14-7-3-12(4-8-14)16(20)2-1-11-22-17(21)13-5-9-15(19)10-6-13/h3-10H,1-2,11H2. The molecule has 0 atom stereocenters. The maximum absolute atomic E-state index is 12.8. The van der Waals surface area contributed by atoms with E-state index in [0.29, 0.717) is 17.5 Å². The van der Waals surface area contributed by atoms with Crippen LogP contribution in [0.1, 0.15) is 33.6 Å². The zero-order chi connectivity index (χ0) is 15.9. The van der Waals surface area contributed by atoms with Gasteiger partial charge in [-0.25, -0.2) is 9.18 Å². The van der Waals surface area contributed by atoms with Crippen molar-refractivity contribution in [2.45, 2.75) is 12.8 Å². The molecule has 0 amide bonds. The first kappa shape index (κ1) is 16.6. The van der Waals surface area contributed by atoms with E-state index in [1.165, 1.54) is 24.3 Å². The van der Waals surface area contributed by atoms with Crippen LogP contribution in [0.5, 0.6) is 0 Å². The summed E-state index contributed by atoms with van der Waals surface area (Å²) in [4.78, 5) is 23.6. The number of rotatable bonds is 6. The first-order chi connectivity index (χ1) is 10.6. The van der Waals surface area contributed by atoms with Gasteiger partial charge < -0.3 is 4.74 Å². The Morgan fingerprint density at radius 2 is 1.55 bits per heavy atom. The van der Waals surface area contributed by atoms with E-state index in [2.05, 4.69) is 22.6 Å². The molecule has 2 rings (SSSR count). The quantitative estimate of drug-likeness (QED) is 0.309. The van der Waals surface area contributed by atoms with Crippen LogP contribution >= 0.6 is 22.6 Å². The van der Waals surface area contributed by atoms with Crippen LogP contribution in [0.4, 0.5) is 4.39 Å². The number of ether oxygens (including phenoxy) is 1. The molecule has 0 saturated heterocycles. The van der Waals surface area contributed by atoms with Gasteiger partial charge in [0.15, 0.2) is 5.78 Å². The van der Waals surface area contributed by atoms with Crippen molar-refractivity contribution in [1.29, 1.82) is 0 Å². The van der Waals surface area contributed by atoms with Gasteiger partial charge in [0.2, 0.25) is 0 Å². The van der Waals surface area contributed by atoms with Crippen molar-refractivity contribution in [2.24, 2.45) is 0 Å². The molecule has 22 heavy (non-hydrogen) atoms. The fourth-order valence-corrected chi connectivity index (χ4v) is 2.21. The molecule has 114 valence electrons. The number of esters is 1. The highest BCUT2D eigenvalue weighted by molar-refractivity contribution is 14.1. The lowest BCUT2D eigenvalue weighted by atomic mass is 10.1. The molecule has 0 N–H and O–H groups in total. The van der Waals surface area contributed by atoms with Crippen LogP contribution in [0.3, 0.4) is 0 Å². The van der Waals surface area contributed by atoms with Gasteiger partial charge >= 0.3 is 5.97 Å². The van der Waals surface area contributed by atoms with Crippen molar-refractivity contribution in [1.82, 2.24) is 0 Å². The third kappa shape index (κ3) is 4.91. The molecule has 0 unspecified atom stereocenters. The SMILES string of the molecule is O=C(CCCOC(=O)c1ccc(I)cc1)c1ccc(F)cc1. The van der Waals surface area contributed by atoms with Crippen molar-refractivity contribution >= 4 is 34.3 Å². The Morgan fingerprint density at radius 1 is 0.955 bits per heavy atom. The second-order valence-corrected chi connectivity index (χ2v) is 5.92. The second-order valence-electron chi connectivity index (χ2n) is 4.68. The van der Waals surface area contributed by atoms with Crippen LogP contribution in [0.15, 0.2) is 48.5 Å². The molecule has 0 spiro atoms. The summed E-state index contributed by atoms with van der Waals surface area (Å²) in [7, 11) is 0. The Bertz CT molecular complexity index is 591. The van der Waals surface area contributed by atoms with Gasteiger partial charge in [-0.3, -0.25) is 4.79 Å². The van der Waals surface area contributed by atoms with Gasteiger partial charge in [0.1, 0.15) is 5.82 Å². The lowest BCUT2D eigenvalue weighted by molar-refractivity contribution is 0.0494. The summed E-state index contributed by atoms with van der Waals surface area (Å²) in [5.74, 6) is -0.862. The Balaban J connectivity index is 1.74. The molecule has 0 aliphatic rings. The Kier molecular flexibility index (Phi) is 6.06. The van der Waals surface area contributed by atoms with Crippen LogP contribution in [0.2, 0.25) is 0 Å². The first-order valence-corrected chi connectivity index (χ1v) is 7.85. The second kappa shape index (κ2) is 8.03. The van der Waals surface area contributed by atoms with Crippen molar-refractivity contribution in [3.8, 4) is 0 Å². The van der Waals surface area contributed by atoms with E-state index in [1.807, 2.05) is 12.1 Å². The van der Waals surface area contributed by atoms with Gasteiger partial charge in [-0.15, -0.1) is 0 Å². The van der Waals surface area contributed by atoms with E-state index >= 15 is 0 Å². The fourth-order valence-electron chi connectivity index (χ4n) is 1.85. The normalized spacial score (nSPS) is 10.3. The minimum Gasteiger partial charge on any atom is -0.462 e. The Labute approximate surface area is 141 Å². The summed E-state index contributed by atoms with van der Waals surface area (Å²) in [5, 5.41) is 0. The maximum Gasteiger partial charge on any atom is 0.338 e. The lowest BCUT2D eigenvalue weighted by Crippen LogP contribution is -2.08. The molecule has 0 bridgehead atoms. The highest BCUT2D eigenvalue weighted by Crippen LogP contribution is 2.10. The van der Waals surface area contributed by atoms with Gasteiger partial charge in [-0.1, -0.05) is 0 Å². The molecular weight excluding hydrogens is 398 g/mol. The summed E-state index contributed by atoms with van der Waals surface area (Å²) in [6.07, 6.45) is 0.692. The average molecular weight is 412 g/mol. The molecule has 2 aromatic rings. The van der Waals surface area contributed by atoms with Crippen LogP contribution < -0.4 is 0 Å². The lowest BCUT2D eigenvalue weighted by Gasteiger charge is -2.05. The highest BCUT2D eigenvalue weighted by atomic mass is 127. The molecule has 0 aromatic heterocycles. The van der Waals surface area contributed by atoms with Crippen LogP contribution in [0, 0.1) is 9.39 Å². The van der Waals surface area contributed by atoms with Crippen LogP contribution in [-0.2, 0) is 4.74 Å². The summed E-state index contributed by atoms with van der Waals surface area (Å²) < 4.78 is 18.9. The highest BCUT2D eigenvalue weighted by Gasteiger charge is 2.09. The molecule has 0 heterocycles. The molecule has 0 radical (unpaired) electrons. The Hall–Kier alpha value is -1.76. The minimum absolute atomic E-state index is 0.0923. The van der Waals surface area contributed by atoms with E-state index in [1.54, 1.807) is 12.1 Å². The number of Topliss-reactive ketones (excluding diaryl/α,β-unsaturated/α-hetero) is 1. The number of carbonyl (C=O) groups is 2. The van der Waals surface area contributed by atoms with Crippen molar-refractivity contribution in [3.05, 3.63) is 69.0 Å². The Morgan fingerprint density at radius 3 is 2.18 bits per heavy atom. The molecule has 0 fully saturated rings. The molecule has 0 aliphatic carbocycles. The smallest absolute Gasteiger partial charge is 0.338 e. The number of ketones is 1. The fraction of sp³-hybridized carbons (Fsp3) is 0.176. The number of hydrogen-bond donors (Lipinski definition) is 0. The van der Waals surface area contributed by atoms with Crippen molar-refractivity contribution < 1.29 is 18.7 Å². The van der Waals surface area contributed by atoms with E-state index < -0.39 is 5.97 Å². The summed E-state index contributed by atoms with van der Waals surface area (Å²) in [6.45, 7) is 0.178. The van der Waals surface area contributed by atoms with Gasteiger partial charge in [-0.05, 0) is 77.5 Å². The van der Waals surface area contributed by atoms with E-state index in [-0.39, 0.29) is 24.6 Å². The predicted octanol–water partition coefficient (Wildman–Crippen LogP) is 4.25. The average Bonchev–Trinajstić information content (AvgIpc) is 2.52. The third-order valence-electron chi connectivity index (χ3n) is 3.03. The number of hydrogen-bond acceptors (Lipinski definition) is 3. The number of carbonyl (C=O) groups excluding carboxylic acids is 2. The van der Waals surface area contributed by atoms with E-state index in [4.69, 9.17) is 4.74 Å². The zero-order valence-electron chi connectivity index (χ0n) is 11.7. The van der Waals surface area contributed by atoms with E-state index in [9.17, 15) is 14.0 Å². The summed E-state index contributed by atoms with van der Waals surface area (Å²) >= 11 is 2.16. The summed E-state index contributed by atoms with van der Waals surface area (Å²) in [6, 6.07) is 12.5. The molecule has 0 aliphatic heterocycles. The van der Waals surface area contributed by atoms with Crippen molar-refractivity contribution in [3.63, 3.8) is 0 Å². The minimum atomic E-state index is -0.398. The molecule has 5 heteroatoms. The molecular formula is C17H14FIO3. The molecule has 2 aromatic carbocycles. The number of benzene rings is 2. The zero-order valence-corrected chi connectivity index (χ0v) is 13.9. The van der Waals surface area contributed by atoms with Gasteiger partial charge in [0.25, 0.3) is 0 Å². The summed E-state index contributed by atoms with van der Waals surface area (Å²) in [5.41, 5.74) is 0.954. The molecule has 0 saturated carbocycles. The van der Waals surface area contributed by atoms with Crippen LogP contribution in [-0.4, -0.2) is 18.4 Å². The monoisotopic (exact) mass is 412 g/mol. The topological polar surface area (TPSA) is 43.4 Å². The first-order valence-electron chi connectivity index (χ1n) is 6.78. The van der Waals surface area contributed by atoms with Crippen molar-refractivity contribution in [2.75, 3.05) is 6.61 Å². The largest absolute Gasteiger partial charge is 0.462 e. The van der Waals surface area contributed by atoms with Crippen LogP contribution in [0.25, 0.3) is 0 Å². The van der Waals surface area contributed by atoms with Gasteiger partial charge in [0, 0.05) is 15.6 Å². The maximum atomic E-state index is 12.8. The predicted molar refractivity (Wildman–Crippen MR) is 89.4 cm³/mol. The van der Waals surface area contributed by atoms with Gasteiger partial charge in [0.05, 0.1) is 12.2 Å².